The number of carbonyl (C=O) groups is 1. The molecular formula is C24H28FN3O2. The molecule has 1 aromatic heterocycles. The SMILES string of the molecule is COc1cccc(NC(=O)N(Cc2cccn2Cc2cccc(F)c2)CC(C)C)c1. The van der Waals surface area contributed by atoms with Crippen molar-refractivity contribution >= 4 is 11.7 Å². The Morgan fingerprint density at radius 2 is 1.93 bits per heavy atom. The van der Waals surface area contributed by atoms with E-state index in [0.29, 0.717) is 37.0 Å². The lowest BCUT2D eigenvalue weighted by Gasteiger charge is -2.26. The summed E-state index contributed by atoms with van der Waals surface area (Å²) in [5.74, 6) is 0.750. The van der Waals surface area contributed by atoms with Crippen LogP contribution in [0.25, 0.3) is 0 Å². The standard InChI is InChI=1S/C24H28FN3O2/c1-18(2)15-28(24(29)26-21-9-5-11-23(14-21)30-3)17-22-10-6-12-27(22)16-19-7-4-8-20(25)13-19/h4-14,18H,15-17H2,1-3H3,(H,26,29). The Morgan fingerprint density at radius 3 is 2.67 bits per heavy atom. The Kier molecular flexibility index (Phi) is 7.12. The average Bonchev–Trinajstić information content (AvgIpc) is 3.14. The van der Waals surface area contributed by atoms with Crippen LogP contribution in [0.4, 0.5) is 14.9 Å². The molecule has 1 N–H and O–H groups in total. The molecule has 0 unspecified atom stereocenters. The maximum atomic E-state index is 13.5. The summed E-state index contributed by atoms with van der Waals surface area (Å²) in [7, 11) is 1.60. The fourth-order valence-electron chi connectivity index (χ4n) is 3.34. The van der Waals surface area contributed by atoms with Crippen LogP contribution in [-0.4, -0.2) is 29.2 Å². The quantitative estimate of drug-likeness (QED) is 0.543. The van der Waals surface area contributed by atoms with E-state index in [9.17, 15) is 9.18 Å². The van der Waals surface area contributed by atoms with Crippen molar-refractivity contribution in [2.24, 2.45) is 5.92 Å². The van der Waals surface area contributed by atoms with E-state index in [1.165, 1.54) is 12.1 Å². The van der Waals surface area contributed by atoms with Gasteiger partial charge in [-0.2, -0.15) is 0 Å². The molecule has 0 spiro atoms. The van der Waals surface area contributed by atoms with Gasteiger partial charge in [0.25, 0.3) is 0 Å². The van der Waals surface area contributed by atoms with Gasteiger partial charge in [-0.15, -0.1) is 0 Å². The largest absolute Gasteiger partial charge is 0.497 e. The van der Waals surface area contributed by atoms with Crippen LogP contribution in [0.15, 0.2) is 66.9 Å². The number of carbonyl (C=O) groups excluding carboxylic acids is 1. The number of hydrogen-bond acceptors (Lipinski definition) is 2. The van der Waals surface area contributed by atoms with Crippen molar-refractivity contribution in [3.8, 4) is 5.75 Å². The Hall–Kier alpha value is -3.28. The molecule has 5 nitrogen and oxygen atoms in total. The lowest BCUT2D eigenvalue weighted by Crippen LogP contribution is -2.37. The zero-order chi connectivity index (χ0) is 21.5. The molecule has 0 aliphatic heterocycles. The van der Waals surface area contributed by atoms with Gasteiger partial charge in [-0.25, -0.2) is 9.18 Å². The van der Waals surface area contributed by atoms with E-state index in [-0.39, 0.29) is 11.8 Å². The molecule has 0 saturated carbocycles. The number of rotatable bonds is 8. The first-order valence-corrected chi connectivity index (χ1v) is 10.0. The van der Waals surface area contributed by atoms with Gasteiger partial charge in [0.05, 0.1) is 13.7 Å². The van der Waals surface area contributed by atoms with E-state index in [4.69, 9.17) is 4.74 Å². The monoisotopic (exact) mass is 409 g/mol. The molecule has 0 aliphatic carbocycles. The van der Waals surface area contributed by atoms with E-state index >= 15 is 0 Å². The Balaban J connectivity index is 1.75. The van der Waals surface area contributed by atoms with Gasteiger partial charge in [0.15, 0.2) is 0 Å². The highest BCUT2D eigenvalue weighted by Crippen LogP contribution is 2.18. The number of amides is 2. The van der Waals surface area contributed by atoms with E-state index in [0.717, 1.165) is 11.3 Å². The third kappa shape index (κ3) is 5.86. The average molecular weight is 410 g/mol. The lowest BCUT2D eigenvalue weighted by atomic mass is 10.2. The smallest absolute Gasteiger partial charge is 0.322 e. The van der Waals surface area contributed by atoms with Gasteiger partial charge in [0.2, 0.25) is 0 Å². The molecule has 0 aliphatic rings. The molecule has 30 heavy (non-hydrogen) atoms. The number of nitrogens with zero attached hydrogens (tertiary/aromatic N) is 2. The predicted molar refractivity (Wildman–Crippen MR) is 117 cm³/mol. The van der Waals surface area contributed by atoms with Gasteiger partial charge in [-0.05, 0) is 47.9 Å². The predicted octanol–water partition coefficient (Wildman–Crippen LogP) is 5.37. The van der Waals surface area contributed by atoms with Crippen molar-refractivity contribution < 1.29 is 13.9 Å². The summed E-state index contributed by atoms with van der Waals surface area (Å²) in [6.45, 7) is 5.78. The van der Waals surface area contributed by atoms with Gasteiger partial charge in [-0.3, -0.25) is 0 Å². The molecule has 158 valence electrons. The second kappa shape index (κ2) is 9.96. The van der Waals surface area contributed by atoms with Crippen molar-refractivity contribution in [2.75, 3.05) is 19.0 Å². The highest BCUT2D eigenvalue weighted by atomic mass is 19.1. The maximum Gasteiger partial charge on any atom is 0.322 e. The molecule has 0 radical (unpaired) electrons. The number of benzene rings is 2. The molecule has 1 heterocycles. The van der Waals surface area contributed by atoms with Gasteiger partial charge in [0.1, 0.15) is 11.6 Å². The fraction of sp³-hybridized carbons (Fsp3) is 0.292. The first-order chi connectivity index (χ1) is 14.4. The third-order valence-electron chi connectivity index (χ3n) is 4.71. The maximum absolute atomic E-state index is 13.5. The summed E-state index contributed by atoms with van der Waals surface area (Å²) in [4.78, 5) is 14.8. The highest BCUT2D eigenvalue weighted by Gasteiger charge is 2.17. The van der Waals surface area contributed by atoms with Crippen molar-refractivity contribution in [1.29, 1.82) is 0 Å². The summed E-state index contributed by atoms with van der Waals surface area (Å²) in [6, 6.07) is 17.6. The van der Waals surface area contributed by atoms with Crippen LogP contribution in [0, 0.1) is 11.7 Å². The molecule has 6 heteroatoms. The number of halogens is 1. The zero-order valence-electron chi connectivity index (χ0n) is 17.6. The van der Waals surface area contributed by atoms with Gasteiger partial charge < -0.3 is 19.5 Å². The van der Waals surface area contributed by atoms with E-state index in [2.05, 4.69) is 19.2 Å². The Bertz CT molecular complexity index is 984. The molecule has 0 fully saturated rings. The molecule has 0 atom stereocenters. The van der Waals surface area contributed by atoms with Crippen molar-refractivity contribution in [3.05, 3.63) is 83.9 Å². The Morgan fingerprint density at radius 1 is 1.13 bits per heavy atom. The zero-order valence-corrected chi connectivity index (χ0v) is 17.6. The molecule has 2 amide bonds. The topological polar surface area (TPSA) is 46.5 Å². The second-order valence-electron chi connectivity index (χ2n) is 7.69. The van der Waals surface area contributed by atoms with Crippen LogP contribution in [0.1, 0.15) is 25.1 Å². The van der Waals surface area contributed by atoms with Crippen LogP contribution in [0.3, 0.4) is 0 Å². The lowest BCUT2D eigenvalue weighted by molar-refractivity contribution is 0.200. The number of aromatic nitrogens is 1. The Labute approximate surface area is 177 Å². The summed E-state index contributed by atoms with van der Waals surface area (Å²) in [5.41, 5.74) is 2.55. The highest BCUT2D eigenvalue weighted by molar-refractivity contribution is 5.89. The third-order valence-corrected chi connectivity index (χ3v) is 4.71. The fourth-order valence-corrected chi connectivity index (χ4v) is 3.34. The van der Waals surface area contributed by atoms with Gasteiger partial charge in [0, 0.05) is 36.7 Å². The molecule has 0 saturated heterocycles. The summed E-state index contributed by atoms with van der Waals surface area (Å²) < 4.78 is 20.8. The normalized spacial score (nSPS) is 10.8. The van der Waals surface area contributed by atoms with Crippen molar-refractivity contribution in [3.63, 3.8) is 0 Å². The van der Waals surface area contributed by atoms with E-state index in [1.54, 1.807) is 24.1 Å². The number of methoxy groups -OCH3 is 1. The van der Waals surface area contributed by atoms with Gasteiger partial charge >= 0.3 is 6.03 Å². The first-order valence-electron chi connectivity index (χ1n) is 10.0. The van der Waals surface area contributed by atoms with E-state index < -0.39 is 0 Å². The number of nitrogens with one attached hydrogen (secondary N) is 1. The summed E-state index contributed by atoms with van der Waals surface area (Å²) >= 11 is 0. The van der Waals surface area contributed by atoms with Crippen LogP contribution < -0.4 is 10.1 Å². The van der Waals surface area contributed by atoms with Crippen LogP contribution in [-0.2, 0) is 13.1 Å². The van der Waals surface area contributed by atoms with E-state index in [1.807, 2.05) is 47.2 Å². The number of urea groups is 1. The minimum atomic E-state index is -0.250. The van der Waals surface area contributed by atoms with Crippen LogP contribution in [0.2, 0.25) is 0 Å². The molecular weight excluding hydrogens is 381 g/mol. The van der Waals surface area contributed by atoms with Crippen molar-refractivity contribution in [2.45, 2.75) is 26.9 Å². The molecule has 3 rings (SSSR count). The molecule has 3 aromatic rings. The van der Waals surface area contributed by atoms with Crippen LogP contribution in [0.5, 0.6) is 5.75 Å². The van der Waals surface area contributed by atoms with Crippen LogP contribution >= 0.6 is 0 Å². The number of anilines is 1. The second-order valence-corrected chi connectivity index (χ2v) is 7.69. The summed E-state index contributed by atoms with van der Waals surface area (Å²) in [5, 5.41) is 2.96. The number of ether oxygens (including phenoxy) is 1. The summed E-state index contributed by atoms with van der Waals surface area (Å²) in [6.07, 6.45) is 1.95. The van der Waals surface area contributed by atoms with Crippen molar-refractivity contribution in [1.82, 2.24) is 9.47 Å². The minimum Gasteiger partial charge on any atom is -0.497 e. The molecule has 2 aromatic carbocycles. The van der Waals surface area contributed by atoms with Gasteiger partial charge in [-0.1, -0.05) is 32.0 Å². The number of hydrogen-bond donors (Lipinski definition) is 1. The minimum absolute atomic E-state index is 0.171. The molecule has 0 bridgehead atoms. The first kappa shape index (κ1) is 21.4.